The number of rotatable bonds is 8. The van der Waals surface area contributed by atoms with E-state index in [1.165, 1.54) is 7.11 Å². The smallest absolute Gasteiger partial charge is 0.407 e. The SMILES string of the molecule is COc1cccc(NC(=O)c2ccccc2NC(=O)CNC(=O)OCc2ccccc2)c1. The van der Waals surface area contributed by atoms with Crippen molar-refractivity contribution >= 4 is 29.3 Å². The number of benzene rings is 3. The normalized spacial score (nSPS) is 10.0. The van der Waals surface area contributed by atoms with E-state index >= 15 is 0 Å². The van der Waals surface area contributed by atoms with E-state index in [9.17, 15) is 14.4 Å². The molecule has 3 amide bonds. The first-order chi connectivity index (χ1) is 15.5. The molecule has 0 heterocycles. The van der Waals surface area contributed by atoms with Crippen LogP contribution < -0.4 is 20.7 Å². The molecule has 32 heavy (non-hydrogen) atoms. The van der Waals surface area contributed by atoms with Crippen LogP contribution in [0.4, 0.5) is 16.2 Å². The minimum atomic E-state index is -0.715. The van der Waals surface area contributed by atoms with Crippen LogP contribution in [0.1, 0.15) is 15.9 Å². The lowest BCUT2D eigenvalue weighted by Crippen LogP contribution is -2.33. The first-order valence-electron chi connectivity index (χ1n) is 9.84. The lowest BCUT2D eigenvalue weighted by atomic mass is 10.1. The van der Waals surface area contributed by atoms with Gasteiger partial charge in [0.1, 0.15) is 18.9 Å². The molecule has 0 aliphatic heterocycles. The minimum absolute atomic E-state index is 0.0988. The molecular formula is C24H23N3O5. The van der Waals surface area contributed by atoms with Gasteiger partial charge < -0.3 is 25.4 Å². The van der Waals surface area contributed by atoms with Crippen LogP contribution in [0.2, 0.25) is 0 Å². The molecule has 3 aromatic rings. The fourth-order valence-corrected chi connectivity index (χ4v) is 2.81. The van der Waals surface area contributed by atoms with Crippen LogP contribution in [0.3, 0.4) is 0 Å². The Kier molecular flexibility index (Phi) is 7.80. The van der Waals surface area contributed by atoms with E-state index in [0.717, 1.165) is 5.56 Å². The van der Waals surface area contributed by atoms with Gasteiger partial charge in [-0.2, -0.15) is 0 Å². The minimum Gasteiger partial charge on any atom is -0.497 e. The molecule has 0 bridgehead atoms. The second-order valence-electron chi connectivity index (χ2n) is 6.70. The lowest BCUT2D eigenvalue weighted by Gasteiger charge is -2.12. The molecule has 0 aromatic heterocycles. The number of para-hydroxylation sites is 1. The highest BCUT2D eigenvalue weighted by atomic mass is 16.5. The van der Waals surface area contributed by atoms with Crippen LogP contribution in [-0.2, 0) is 16.1 Å². The Morgan fingerprint density at radius 1 is 0.844 bits per heavy atom. The number of carbonyl (C=O) groups excluding carboxylic acids is 3. The summed E-state index contributed by atoms with van der Waals surface area (Å²) >= 11 is 0. The number of amides is 3. The third-order valence-corrected chi connectivity index (χ3v) is 4.38. The molecule has 3 aromatic carbocycles. The highest BCUT2D eigenvalue weighted by molar-refractivity contribution is 6.10. The average molecular weight is 433 g/mol. The summed E-state index contributed by atoms with van der Waals surface area (Å²) in [7, 11) is 1.54. The van der Waals surface area contributed by atoms with Crippen molar-refractivity contribution in [1.82, 2.24) is 5.32 Å². The Hall–Kier alpha value is -4.33. The molecule has 0 unspecified atom stereocenters. The summed E-state index contributed by atoms with van der Waals surface area (Å²) in [5.41, 5.74) is 1.98. The summed E-state index contributed by atoms with van der Waals surface area (Å²) in [6.07, 6.45) is -0.715. The zero-order chi connectivity index (χ0) is 22.8. The van der Waals surface area contributed by atoms with Gasteiger partial charge in [-0.3, -0.25) is 9.59 Å². The average Bonchev–Trinajstić information content (AvgIpc) is 2.82. The molecular weight excluding hydrogens is 410 g/mol. The number of nitrogens with one attached hydrogen (secondary N) is 3. The van der Waals surface area contributed by atoms with Crippen LogP contribution in [0.5, 0.6) is 5.75 Å². The zero-order valence-corrected chi connectivity index (χ0v) is 17.5. The van der Waals surface area contributed by atoms with Crippen molar-refractivity contribution in [3.05, 3.63) is 90.0 Å². The number of ether oxygens (including phenoxy) is 2. The summed E-state index contributed by atoms with van der Waals surface area (Å²) in [5, 5.41) is 7.79. The Morgan fingerprint density at radius 3 is 2.38 bits per heavy atom. The van der Waals surface area contributed by atoms with Crippen LogP contribution in [0.25, 0.3) is 0 Å². The van der Waals surface area contributed by atoms with Crippen molar-refractivity contribution < 1.29 is 23.9 Å². The molecule has 0 aliphatic rings. The molecule has 0 saturated carbocycles. The largest absolute Gasteiger partial charge is 0.497 e. The topological polar surface area (TPSA) is 106 Å². The van der Waals surface area contributed by atoms with E-state index in [0.29, 0.717) is 17.1 Å². The maximum atomic E-state index is 12.7. The first kappa shape index (κ1) is 22.4. The van der Waals surface area contributed by atoms with Gasteiger partial charge in [0.2, 0.25) is 5.91 Å². The molecule has 0 atom stereocenters. The molecule has 3 N–H and O–H groups in total. The van der Waals surface area contributed by atoms with Crippen LogP contribution >= 0.6 is 0 Å². The molecule has 0 radical (unpaired) electrons. The fraction of sp³-hybridized carbons (Fsp3) is 0.125. The standard InChI is InChI=1S/C24H23N3O5/c1-31-19-11-7-10-18(14-19)26-23(29)20-12-5-6-13-21(20)27-22(28)15-25-24(30)32-16-17-8-3-2-4-9-17/h2-14H,15-16H2,1H3,(H,25,30)(H,26,29)(H,27,28). The number of hydrogen-bond donors (Lipinski definition) is 3. The maximum Gasteiger partial charge on any atom is 0.407 e. The van der Waals surface area contributed by atoms with Crippen LogP contribution in [0, 0.1) is 0 Å². The van der Waals surface area contributed by atoms with Gasteiger partial charge in [0, 0.05) is 11.8 Å². The van der Waals surface area contributed by atoms with Crippen molar-refractivity contribution in [2.24, 2.45) is 0 Å². The van der Waals surface area contributed by atoms with Crippen molar-refractivity contribution in [3.8, 4) is 5.75 Å². The van der Waals surface area contributed by atoms with E-state index in [-0.39, 0.29) is 18.7 Å². The molecule has 8 heteroatoms. The monoisotopic (exact) mass is 433 g/mol. The molecule has 0 saturated heterocycles. The number of carbonyl (C=O) groups is 3. The molecule has 164 valence electrons. The second-order valence-corrected chi connectivity index (χ2v) is 6.70. The van der Waals surface area contributed by atoms with Crippen molar-refractivity contribution in [1.29, 1.82) is 0 Å². The third-order valence-electron chi connectivity index (χ3n) is 4.38. The van der Waals surface area contributed by atoms with Crippen molar-refractivity contribution in [3.63, 3.8) is 0 Å². The number of anilines is 2. The number of hydrogen-bond acceptors (Lipinski definition) is 5. The Bertz CT molecular complexity index is 1090. The second kappa shape index (κ2) is 11.2. The van der Waals surface area contributed by atoms with E-state index in [4.69, 9.17) is 9.47 Å². The zero-order valence-electron chi connectivity index (χ0n) is 17.5. The van der Waals surface area contributed by atoms with Gasteiger partial charge in [0.15, 0.2) is 0 Å². The predicted molar refractivity (Wildman–Crippen MR) is 121 cm³/mol. The third kappa shape index (κ3) is 6.60. The molecule has 0 fully saturated rings. The van der Waals surface area contributed by atoms with Crippen LogP contribution in [0.15, 0.2) is 78.9 Å². The van der Waals surface area contributed by atoms with E-state index in [1.807, 2.05) is 30.3 Å². The summed E-state index contributed by atoms with van der Waals surface area (Å²) in [6.45, 7) is -0.207. The van der Waals surface area contributed by atoms with Gasteiger partial charge in [-0.15, -0.1) is 0 Å². The first-order valence-corrected chi connectivity index (χ1v) is 9.84. The highest BCUT2D eigenvalue weighted by Gasteiger charge is 2.14. The highest BCUT2D eigenvalue weighted by Crippen LogP contribution is 2.20. The van der Waals surface area contributed by atoms with Gasteiger partial charge in [0.05, 0.1) is 18.4 Å². The van der Waals surface area contributed by atoms with Crippen molar-refractivity contribution in [2.45, 2.75) is 6.61 Å². The molecule has 0 spiro atoms. The van der Waals surface area contributed by atoms with Gasteiger partial charge in [-0.05, 0) is 29.8 Å². The fourth-order valence-electron chi connectivity index (χ4n) is 2.81. The lowest BCUT2D eigenvalue weighted by molar-refractivity contribution is -0.115. The number of methoxy groups -OCH3 is 1. The van der Waals surface area contributed by atoms with Gasteiger partial charge in [-0.1, -0.05) is 48.5 Å². The predicted octanol–water partition coefficient (Wildman–Crippen LogP) is 3.81. The maximum absolute atomic E-state index is 12.7. The Balaban J connectivity index is 1.53. The van der Waals surface area contributed by atoms with Gasteiger partial charge in [0.25, 0.3) is 5.91 Å². The quantitative estimate of drug-likeness (QED) is 0.501. The summed E-state index contributed by atoms with van der Waals surface area (Å²) in [5.74, 6) is -0.290. The van der Waals surface area contributed by atoms with E-state index in [2.05, 4.69) is 16.0 Å². The molecule has 8 nitrogen and oxygen atoms in total. The van der Waals surface area contributed by atoms with Crippen LogP contribution in [-0.4, -0.2) is 31.6 Å². The van der Waals surface area contributed by atoms with E-state index < -0.39 is 17.9 Å². The summed E-state index contributed by atoms with van der Waals surface area (Å²) in [4.78, 5) is 36.8. The molecule has 3 rings (SSSR count). The molecule has 0 aliphatic carbocycles. The number of alkyl carbamates (subject to hydrolysis) is 1. The van der Waals surface area contributed by atoms with Gasteiger partial charge in [-0.25, -0.2) is 4.79 Å². The Labute approximate surface area is 185 Å². The van der Waals surface area contributed by atoms with E-state index in [1.54, 1.807) is 48.5 Å². The summed E-state index contributed by atoms with van der Waals surface area (Å²) in [6, 6.07) is 22.7. The Morgan fingerprint density at radius 2 is 1.59 bits per heavy atom. The summed E-state index contributed by atoms with van der Waals surface area (Å²) < 4.78 is 10.2. The van der Waals surface area contributed by atoms with Crippen molar-refractivity contribution in [2.75, 3.05) is 24.3 Å². The van der Waals surface area contributed by atoms with Gasteiger partial charge >= 0.3 is 6.09 Å².